The summed E-state index contributed by atoms with van der Waals surface area (Å²) in [6.45, 7) is 0.666. The van der Waals surface area contributed by atoms with E-state index in [2.05, 4.69) is 27.4 Å². The molecule has 2 heterocycles. The fraction of sp³-hybridized carbons (Fsp3) is 0.438. The summed E-state index contributed by atoms with van der Waals surface area (Å²) in [4.78, 5) is 7.50. The second-order valence-corrected chi connectivity index (χ2v) is 5.40. The van der Waals surface area contributed by atoms with Crippen molar-refractivity contribution in [2.45, 2.75) is 38.2 Å². The summed E-state index contributed by atoms with van der Waals surface area (Å²) in [6.07, 6.45) is 7.85. The molecule has 106 valence electrons. The number of fused-ring (bicyclic) bond motifs is 3. The zero-order valence-electron chi connectivity index (χ0n) is 11.6. The lowest BCUT2D eigenvalue weighted by Crippen LogP contribution is -2.09. The van der Waals surface area contributed by atoms with Gasteiger partial charge in [0, 0.05) is 22.7 Å². The highest BCUT2D eigenvalue weighted by Gasteiger charge is 2.10. The Hall–Kier alpha value is -1.81. The van der Waals surface area contributed by atoms with Crippen LogP contribution in [-0.2, 0) is 0 Å². The molecule has 1 aliphatic heterocycles. The molecule has 1 aliphatic carbocycles. The molecule has 0 amide bonds. The second-order valence-electron chi connectivity index (χ2n) is 5.40. The maximum Gasteiger partial charge on any atom is 0.114 e. The number of anilines is 1. The first-order valence-electron chi connectivity index (χ1n) is 7.37. The fourth-order valence-corrected chi connectivity index (χ4v) is 2.78. The van der Waals surface area contributed by atoms with Crippen molar-refractivity contribution in [2.24, 2.45) is 4.99 Å². The molecule has 1 aromatic carbocycles. The van der Waals surface area contributed by atoms with Crippen LogP contribution in [0.3, 0.4) is 0 Å². The Morgan fingerprint density at radius 2 is 1.90 bits per heavy atom. The number of hydrogen-bond acceptors (Lipinski definition) is 3. The zero-order valence-corrected chi connectivity index (χ0v) is 11.6. The van der Waals surface area contributed by atoms with E-state index < -0.39 is 0 Å². The van der Waals surface area contributed by atoms with Gasteiger partial charge in [0.2, 0.25) is 0 Å². The predicted octanol–water partition coefficient (Wildman–Crippen LogP) is 3.28. The minimum absolute atomic E-state index is 0.0359. The Kier molecular flexibility index (Phi) is 4.02. The van der Waals surface area contributed by atoms with Crippen molar-refractivity contribution in [3.8, 4) is 0 Å². The molecule has 1 fully saturated rings. The molecule has 4 heteroatoms. The van der Waals surface area contributed by atoms with Crippen LogP contribution in [0.5, 0.6) is 0 Å². The van der Waals surface area contributed by atoms with Crippen LogP contribution in [0.4, 0.5) is 5.82 Å². The van der Waals surface area contributed by atoms with Crippen molar-refractivity contribution in [1.29, 1.82) is 0 Å². The number of hydrogen-bond donors (Lipinski definition) is 3. The first kappa shape index (κ1) is 13.2. The van der Waals surface area contributed by atoms with Crippen molar-refractivity contribution in [3.05, 3.63) is 29.8 Å². The van der Waals surface area contributed by atoms with Crippen molar-refractivity contribution < 1.29 is 5.11 Å². The average molecular weight is 271 g/mol. The number of aliphatic hydroxyl groups excluding tert-OH is 1. The molecule has 1 aromatic heterocycles. The number of H-pyrrole nitrogens is 1. The van der Waals surface area contributed by atoms with Gasteiger partial charge in [0.1, 0.15) is 12.5 Å². The lowest BCUT2D eigenvalue weighted by Gasteiger charge is -2.14. The molecule has 1 saturated carbocycles. The van der Waals surface area contributed by atoms with E-state index in [0.29, 0.717) is 6.67 Å². The number of aliphatic imine (C=N–C) groups is 1. The Morgan fingerprint density at radius 3 is 2.65 bits per heavy atom. The van der Waals surface area contributed by atoms with E-state index in [4.69, 9.17) is 5.11 Å². The third kappa shape index (κ3) is 2.85. The number of para-hydroxylation sites is 1. The van der Waals surface area contributed by atoms with E-state index in [9.17, 15) is 0 Å². The topological polar surface area (TPSA) is 60.4 Å². The van der Waals surface area contributed by atoms with Crippen LogP contribution in [0.2, 0.25) is 0 Å². The summed E-state index contributed by atoms with van der Waals surface area (Å²) < 4.78 is 0. The van der Waals surface area contributed by atoms with Crippen LogP contribution in [0.25, 0.3) is 10.9 Å². The van der Waals surface area contributed by atoms with Crippen molar-refractivity contribution in [2.75, 3.05) is 12.0 Å². The summed E-state index contributed by atoms with van der Waals surface area (Å²) in [5.74, 6) is 1.08. The summed E-state index contributed by atoms with van der Waals surface area (Å²) in [5, 5.41) is 13.3. The molecular weight excluding hydrogens is 250 g/mol. The molecule has 20 heavy (non-hydrogen) atoms. The Balaban J connectivity index is 0.000000147. The van der Waals surface area contributed by atoms with E-state index in [-0.39, 0.29) is 6.10 Å². The quantitative estimate of drug-likeness (QED) is 0.688. The SMILES string of the molecule is C1=NCNc2[nH]c3ccccc3c21.OC1CCCCC1. The number of aromatic nitrogens is 1. The molecule has 4 nitrogen and oxygen atoms in total. The Morgan fingerprint density at radius 1 is 1.10 bits per heavy atom. The van der Waals surface area contributed by atoms with Gasteiger partial charge in [-0.2, -0.15) is 0 Å². The van der Waals surface area contributed by atoms with Crippen LogP contribution in [0.1, 0.15) is 37.7 Å². The number of nitrogens with one attached hydrogen (secondary N) is 2. The van der Waals surface area contributed by atoms with Crippen LogP contribution in [0, 0.1) is 0 Å². The largest absolute Gasteiger partial charge is 0.393 e. The summed E-state index contributed by atoms with van der Waals surface area (Å²) >= 11 is 0. The molecular formula is C16H21N3O. The van der Waals surface area contributed by atoms with Gasteiger partial charge in [0.15, 0.2) is 0 Å². The molecule has 3 N–H and O–H groups in total. The maximum absolute atomic E-state index is 8.91. The van der Waals surface area contributed by atoms with Crippen molar-refractivity contribution in [3.63, 3.8) is 0 Å². The first-order valence-corrected chi connectivity index (χ1v) is 7.37. The van der Waals surface area contributed by atoms with Crippen molar-refractivity contribution >= 4 is 22.9 Å². The van der Waals surface area contributed by atoms with E-state index in [1.807, 2.05) is 18.3 Å². The molecule has 2 aliphatic rings. The van der Waals surface area contributed by atoms with Gasteiger partial charge in [-0.3, -0.25) is 4.99 Å². The number of aromatic amines is 1. The third-order valence-corrected chi connectivity index (χ3v) is 3.89. The average Bonchev–Trinajstić information content (AvgIpc) is 2.87. The zero-order chi connectivity index (χ0) is 13.8. The van der Waals surface area contributed by atoms with E-state index in [1.165, 1.54) is 30.2 Å². The van der Waals surface area contributed by atoms with Gasteiger partial charge in [0.25, 0.3) is 0 Å². The van der Waals surface area contributed by atoms with Gasteiger partial charge in [0.05, 0.1) is 6.10 Å². The van der Waals surface area contributed by atoms with Crippen LogP contribution in [-0.4, -0.2) is 29.1 Å². The Labute approximate surface area is 118 Å². The molecule has 2 aromatic rings. The lowest BCUT2D eigenvalue weighted by atomic mass is 9.98. The van der Waals surface area contributed by atoms with Gasteiger partial charge in [-0.15, -0.1) is 0 Å². The van der Waals surface area contributed by atoms with Crippen LogP contribution < -0.4 is 5.32 Å². The van der Waals surface area contributed by atoms with E-state index in [1.54, 1.807) is 0 Å². The number of nitrogens with zero attached hydrogens (tertiary/aromatic N) is 1. The number of benzene rings is 1. The van der Waals surface area contributed by atoms with Gasteiger partial charge in [-0.05, 0) is 18.9 Å². The standard InChI is InChI=1S/C10H9N3.C6H12O/c1-2-4-9-7(3-1)8-5-11-6-12-10(8)13-9;7-6-4-2-1-3-5-6/h1-5,12-13H,6H2;6-7H,1-5H2. The minimum Gasteiger partial charge on any atom is -0.393 e. The normalized spacial score (nSPS) is 18.1. The first-order chi connectivity index (χ1) is 9.84. The van der Waals surface area contributed by atoms with Gasteiger partial charge < -0.3 is 15.4 Å². The maximum atomic E-state index is 8.91. The molecule has 0 radical (unpaired) electrons. The van der Waals surface area contributed by atoms with E-state index >= 15 is 0 Å². The van der Waals surface area contributed by atoms with Crippen LogP contribution in [0.15, 0.2) is 29.3 Å². The fourth-order valence-electron chi connectivity index (χ4n) is 2.78. The molecule has 0 saturated heterocycles. The van der Waals surface area contributed by atoms with Crippen molar-refractivity contribution in [1.82, 2.24) is 4.98 Å². The minimum atomic E-state index is 0.0359. The molecule has 0 bridgehead atoms. The molecule has 0 atom stereocenters. The smallest absolute Gasteiger partial charge is 0.114 e. The van der Waals surface area contributed by atoms with Gasteiger partial charge in [-0.1, -0.05) is 37.5 Å². The lowest BCUT2D eigenvalue weighted by molar-refractivity contribution is 0.130. The monoisotopic (exact) mass is 271 g/mol. The van der Waals surface area contributed by atoms with Gasteiger partial charge in [-0.25, -0.2) is 0 Å². The predicted molar refractivity (Wildman–Crippen MR) is 83.5 cm³/mol. The number of rotatable bonds is 0. The highest BCUT2D eigenvalue weighted by molar-refractivity contribution is 6.05. The van der Waals surface area contributed by atoms with E-state index in [0.717, 1.165) is 24.2 Å². The highest BCUT2D eigenvalue weighted by Crippen LogP contribution is 2.25. The summed E-state index contributed by atoms with van der Waals surface area (Å²) in [5.41, 5.74) is 2.33. The second kappa shape index (κ2) is 6.09. The Bertz CT molecular complexity index is 597. The summed E-state index contributed by atoms with van der Waals surface area (Å²) in [7, 11) is 0. The summed E-state index contributed by atoms with van der Waals surface area (Å²) in [6, 6.07) is 8.24. The third-order valence-electron chi connectivity index (χ3n) is 3.89. The molecule has 4 rings (SSSR count). The number of aliphatic hydroxyl groups is 1. The molecule has 0 unspecified atom stereocenters. The highest BCUT2D eigenvalue weighted by atomic mass is 16.3. The molecule has 0 spiro atoms. The van der Waals surface area contributed by atoms with Crippen LogP contribution >= 0.6 is 0 Å². The van der Waals surface area contributed by atoms with Gasteiger partial charge >= 0.3 is 0 Å².